The molecule has 23 heavy (non-hydrogen) atoms. The van der Waals surface area contributed by atoms with E-state index in [1.54, 1.807) is 0 Å². The largest absolute Gasteiger partial charge is 0.307 e. The summed E-state index contributed by atoms with van der Waals surface area (Å²) in [6, 6.07) is 7.58. The van der Waals surface area contributed by atoms with Crippen LogP contribution in [-0.2, 0) is 15.0 Å². The first-order chi connectivity index (χ1) is 10.8. The third kappa shape index (κ3) is 3.31. The van der Waals surface area contributed by atoms with E-state index in [0.717, 1.165) is 20.6 Å². The van der Waals surface area contributed by atoms with Gasteiger partial charge in [-0.15, -0.1) is 15.2 Å². The molecule has 0 radical (unpaired) electrons. The lowest BCUT2D eigenvalue weighted by atomic mass is 10.1. The lowest BCUT2D eigenvalue weighted by Gasteiger charge is -2.11. The maximum absolute atomic E-state index is 13.1. The smallest absolute Gasteiger partial charge is 0.287 e. The summed E-state index contributed by atoms with van der Waals surface area (Å²) < 4.78 is 36.1. The molecule has 1 saturated heterocycles. The Morgan fingerprint density at radius 2 is 2.00 bits per heavy atom. The molecule has 0 saturated carbocycles. The summed E-state index contributed by atoms with van der Waals surface area (Å²) in [6.07, 6.45) is -0.342. The van der Waals surface area contributed by atoms with Crippen molar-refractivity contribution in [2.24, 2.45) is 0 Å². The predicted octanol–water partition coefficient (Wildman–Crippen LogP) is 3.29. The van der Waals surface area contributed by atoms with E-state index in [-0.39, 0.29) is 13.0 Å². The van der Waals surface area contributed by atoms with Gasteiger partial charge >= 0.3 is 10.2 Å². The topological polar surface area (TPSA) is 67.3 Å². The Morgan fingerprint density at radius 3 is 2.57 bits per heavy atom. The zero-order valence-electron chi connectivity index (χ0n) is 12.0. The number of rotatable bonds is 3. The van der Waals surface area contributed by atoms with Crippen molar-refractivity contribution in [1.29, 1.82) is 0 Å². The number of carbonyl (C=O) groups excluding carboxylic acids is 1. The Labute approximate surface area is 145 Å². The van der Waals surface area contributed by atoms with Gasteiger partial charge in [-0.2, -0.15) is 8.42 Å². The van der Waals surface area contributed by atoms with Crippen LogP contribution >= 0.6 is 27.3 Å². The van der Waals surface area contributed by atoms with Crippen molar-refractivity contribution >= 4 is 48.5 Å². The van der Waals surface area contributed by atoms with Crippen molar-refractivity contribution in [1.82, 2.24) is 4.98 Å². The minimum Gasteiger partial charge on any atom is -0.287 e. The second-order valence-corrected chi connectivity index (χ2v) is 8.93. The van der Waals surface area contributed by atoms with E-state index in [0.29, 0.717) is 5.13 Å². The summed E-state index contributed by atoms with van der Waals surface area (Å²) in [6.45, 7) is 1.69. The fourth-order valence-corrected chi connectivity index (χ4v) is 4.31. The Morgan fingerprint density at radius 1 is 1.35 bits per heavy atom. The highest BCUT2D eigenvalue weighted by Crippen LogP contribution is 2.35. The van der Waals surface area contributed by atoms with E-state index < -0.39 is 21.4 Å². The van der Waals surface area contributed by atoms with E-state index in [2.05, 4.69) is 20.9 Å². The molecule has 1 aromatic heterocycles. The SMILES string of the molecule is Cc1sc(N2CC(S(=O)(=O)F)CC2=O)nc1-c1ccc(Br)cc1. The second-order valence-electron chi connectivity index (χ2n) is 5.21. The molecule has 122 valence electrons. The van der Waals surface area contributed by atoms with Gasteiger partial charge in [0.05, 0.1) is 5.69 Å². The van der Waals surface area contributed by atoms with Gasteiger partial charge in [-0.3, -0.25) is 9.69 Å². The lowest BCUT2D eigenvalue weighted by molar-refractivity contribution is -0.117. The molecule has 5 nitrogen and oxygen atoms in total. The van der Waals surface area contributed by atoms with Gasteiger partial charge in [-0.25, -0.2) is 4.98 Å². The first kappa shape index (κ1) is 16.5. The van der Waals surface area contributed by atoms with Crippen molar-refractivity contribution in [3.05, 3.63) is 33.6 Å². The van der Waals surface area contributed by atoms with E-state index >= 15 is 0 Å². The summed E-state index contributed by atoms with van der Waals surface area (Å²) in [5.41, 5.74) is 1.63. The van der Waals surface area contributed by atoms with Crippen LogP contribution in [0.1, 0.15) is 11.3 Å². The van der Waals surface area contributed by atoms with Crippen molar-refractivity contribution in [3.8, 4) is 11.3 Å². The first-order valence-electron chi connectivity index (χ1n) is 6.73. The zero-order valence-corrected chi connectivity index (χ0v) is 15.2. The van der Waals surface area contributed by atoms with Crippen molar-refractivity contribution in [3.63, 3.8) is 0 Å². The molecule has 1 aliphatic heterocycles. The van der Waals surface area contributed by atoms with E-state index in [1.807, 2.05) is 31.2 Å². The zero-order chi connectivity index (χ0) is 16.8. The van der Waals surface area contributed by atoms with Crippen LogP contribution in [0.4, 0.5) is 9.02 Å². The Balaban J connectivity index is 1.92. The molecule has 1 atom stereocenters. The molecule has 1 amide bonds. The van der Waals surface area contributed by atoms with Crippen molar-refractivity contribution in [2.75, 3.05) is 11.4 Å². The molecule has 0 aliphatic carbocycles. The molecule has 3 rings (SSSR count). The van der Waals surface area contributed by atoms with Crippen LogP contribution in [0.3, 0.4) is 0 Å². The second kappa shape index (κ2) is 5.95. The van der Waals surface area contributed by atoms with Gasteiger partial charge in [0.1, 0.15) is 5.25 Å². The molecule has 9 heteroatoms. The average molecular weight is 419 g/mol. The quantitative estimate of drug-likeness (QED) is 0.717. The predicted molar refractivity (Wildman–Crippen MR) is 90.8 cm³/mol. The summed E-state index contributed by atoms with van der Waals surface area (Å²) >= 11 is 4.66. The maximum atomic E-state index is 13.1. The van der Waals surface area contributed by atoms with Gasteiger partial charge in [0.15, 0.2) is 5.13 Å². The fraction of sp³-hybridized carbons (Fsp3) is 0.286. The normalized spacial score (nSPS) is 18.7. The summed E-state index contributed by atoms with van der Waals surface area (Å²) in [4.78, 5) is 18.6. The molecular formula is C14H12BrFN2O3S2. The van der Waals surface area contributed by atoms with Gasteiger partial charge in [0.25, 0.3) is 0 Å². The van der Waals surface area contributed by atoms with E-state index in [4.69, 9.17) is 0 Å². The van der Waals surface area contributed by atoms with Crippen molar-refractivity contribution in [2.45, 2.75) is 18.6 Å². The molecule has 1 unspecified atom stereocenters. The van der Waals surface area contributed by atoms with Gasteiger partial charge in [-0.1, -0.05) is 28.1 Å². The number of nitrogens with zero attached hydrogens (tertiary/aromatic N) is 2. The number of aryl methyl sites for hydroxylation is 1. The molecular weight excluding hydrogens is 407 g/mol. The Kier molecular flexibility index (Phi) is 4.28. The highest BCUT2D eigenvalue weighted by atomic mass is 79.9. The van der Waals surface area contributed by atoms with E-state index in [9.17, 15) is 17.1 Å². The molecule has 1 fully saturated rings. The van der Waals surface area contributed by atoms with Crippen LogP contribution in [0.15, 0.2) is 28.7 Å². The number of aromatic nitrogens is 1. The van der Waals surface area contributed by atoms with Crippen LogP contribution in [0.25, 0.3) is 11.3 Å². The third-order valence-electron chi connectivity index (χ3n) is 3.62. The highest BCUT2D eigenvalue weighted by Gasteiger charge is 2.40. The number of halogens is 2. The number of anilines is 1. The summed E-state index contributed by atoms with van der Waals surface area (Å²) in [5, 5.41) is -0.910. The van der Waals surface area contributed by atoms with E-state index in [1.165, 1.54) is 16.2 Å². The minimum atomic E-state index is -4.73. The van der Waals surface area contributed by atoms with Crippen LogP contribution in [-0.4, -0.2) is 31.1 Å². The molecule has 0 N–H and O–H groups in total. The van der Waals surface area contributed by atoms with Gasteiger partial charge in [0.2, 0.25) is 5.91 Å². The minimum absolute atomic E-state index is 0.190. The van der Waals surface area contributed by atoms with Crippen molar-refractivity contribution < 1.29 is 17.1 Å². The molecule has 0 spiro atoms. The summed E-state index contributed by atoms with van der Waals surface area (Å²) in [5.74, 6) is -0.424. The summed E-state index contributed by atoms with van der Waals surface area (Å²) in [7, 11) is -4.73. The van der Waals surface area contributed by atoms with Gasteiger partial charge < -0.3 is 0 Å². The molecule has 1 aromatic carbocycles. The number of hydrogen-bond donors (Lipinski definition) is 0. The highest BCUT2D eigenvalue weighted by molar-refractivity contribution is 9.10. The van der Waals surface area contributed by atoms with Crippen LogP contribution in [0, 0.1) is 6.92 Å². The maximum Gasteiger partial charge on any atom is 0.307 e. The number of carbonyl (C=O) groups is 1. The number of thiazole rings is 1. The average Bonchev–Trinajstić information content (AvgIpc) is 3.03. The van der Waals surface area contributed by atoms with Crippen LogP contribution < -0.4 is 4.90 Å². The van der Waals surface area contributed by atoms with Crippen LogP contribution in [0.2, 0.25) is 0 Å². The molecule has 1 aliphatic rings. The van der Waals surface area contributed by atoms with Gasteiger partial charge in [0, 0.05) is 27.9 Å². The number of amides is 1. The Bertz CT molecular complexity index is 865. The number of hydrogen-bond acceptors (Lipinski definition) is 5. The molecule has 2 heterocycles. The van der Waals surface area contributed by atoms with Gasteiger partial charge in [-0.05, 0) is 19.1 Å². The Hall–Kier alpha value is -1.32. The number of benzene rings is 1. The monoisotopic (exact) mass is 418 g/mol. The standard InChI is InChI=1S/C14H12BrFN2O3S2/c1-8-13(9-2-4-10(15)5-3-9)17-14(22-8)18-7-11(6-12(18)19)23(16,20)21/h2-5,11H,6-7H2,1H3. The molecule has 0 bridgehead atoms. The lowest BCUT2D eigenvalue weighted by Crippen LogP contribution is -2.26. The van der Waals surface area contributed by atoms with Crippen LogP contribution in [0.5, 0.6) is 0 Å². The first-order valence-corrected chi connectivity index (χ1v) is 9.78. The fourth-order valence-electron chi connectivity index (χ4n) is 2.42. The third-order valence-corrected chi connectivity index (χ3v) is 6.26. The molecule has 2 aromatic rings.